The maximum atomic E-state index is 5.56. The molecule has 2 aliphatic rings. The van der Waals surface area contributed by atoms with Crippen LogP contribution in [0.3, 0.4) is 0 Å². The second-order valence-corrected chi connectivity index (χ2v) is 7.13. The van der Waals surface area contributed by atoms with Gasteiger partial charge in [0.15, 0.2) is 0 Å². The highest BCUT2D eigenvalue weighted by atomic mass is 16.5. The van der Waals surface area contributed by atoms with Crippen LogP contribution in [0.15, 0.2) is 24.3 Å². The number of nitrogens with one attached hydrogen (secondary N) is 1. The molecule has 2 fully saturated rings. The summed E-state index contributed by atoms with van der Waals surface area (Å²) in [6.07, 6.45) is 2.58. The SMILES string of the molecule is CC(C)(C)c1ccc(C2(C3CCCN3)COC2)cc1. The molecule has 19 heavy (non-hydrogen) atoms. The molecule has 0 spiro atoms. The van der Waals surface area contributed by atoms with Crippen LogP contribution in [0.5, 0.6) is 0 Å². The molecule has 0 bridgehead atoms. The van der Waals surface area contributed by atoms with Crippen molar-refractivity contribution in [3.8, 4) is 0 Å². The minimum Gasteiger partial charge on any atom is -0.379 e. The minimum absolute atomic E-state index is 0.229. The number of hydrogen-bond donors (Lipinski definition) is 1. The first-order valence-electron chi connectivity index (χ1n) is 7.44. The van der Waals surface area contributed by atoms with Gasteiger partial charge in [0.1, 0.15) is 0 Å². The van der Waals surface area contributed by atoms with Gasteiger partial charge in [-0.05, 0) is 35.9 Å². The van der Waals surface area contributed by atoms with E-state index in [4.69, 9.17) is 4.74 Å². The van der Waals surface area contributed by atoms with Gasteiger partial charge in [-0.2, -0.15) is 0 Å². The van der Waals surface area contributed by atoms with Crippen molar-refractivity contribution >= 4 is 0 Å². The van der Waals surface area contributed by atoms with Crippen LogP contribution >= 0.6 is 0 Å². The second kappa shape index (κ2) is 4.60. The summed E-state index contributed by atoms with van der Waals surface area (Å²) >= 11 is 0. The molecule has 2 saturated heterocycles. The lowest BCUT2D eigenvalue weighted by atomic mass is 9.71. The van der Waals surface area contributed by atoms with Gasteiger partial charge in [-0.1, -0.05) is 45.0 Å². The third-order valence-corrected chi connectivity index (χ3v) is 4.77. The molecular formula is C17H25NO. The van der Waals surface area contributed by atoms with Crippen molar-refractivity contribution in [2.45, 2.75) is 50.5 Å². The standard InChI is InChI=1S/C17H25NO/c1-16(2,3)13-6-8-14(9-7-13)17(11-19-12-17)15-5-4-10-18-15/h6-9,15,18H,4-5,10-12H2,1-3H3. The third-order valence-electron chi connectivity index (χ3n) is 4.77. The predicted molar refractivity (Wildman–Crippen MR) is 78.7 cm³/mol. The molecule has 3 rings (SSSR count). The Balaban J connectivity index is 1.88. The van der Waals surface area contributed by atoms with E-state index in [1.165, 1.54) is 24.0 Å². The Bertz CT molecular complexity index is 433. The minimum atomic E-state index is 0.229. The molecule has 2 heterocycles. The van der Waals surface area contributed by atoms with E-state index >= 15 is 0 Å². The van der Waals surface area contributed by atoms with Crippen molar-refractivity contribution in [2.75, 3.05) is 19.8 Å². The summed E-state index contributed by atoms with van der Waals surface area (Å²) in [6.45, 7) is 9.71. The van der Waals surface area contributed by atoms with Gasteiger partial charge in [0, 0.05) is 6.04 Å². The molecule has 104 valence electrons. The van der Waals surface area contributed by atoms with Gasteiger partial charge in [0.25, 0.3) is 0 Å². The zero-order chi connectivity index (χ0) is 13.5. The molecule has 1 aromatic carbocycles. The number of hydrogen-bond acceptors (Lipinski definition) is 2. The van der Waals surface area contributed by atoms with E-state index in [0.717, 1.165) is 19.8 Å². The lowest BCUT2D eigenvalue weighted by molar-refractivity contribution is -0.0760. The van der Waals surface area contributed by atoms with Crippen LogP contribution < -0.4 is 5.32 Å². The molecule has 1 unspecified atom stereocenters. The lowest BCUT2D eigenvalue weighted by Crippen LogP contribution is -2.58. The molecular weight excluding hydrogens is 234 g/mol. The van der Waals surface area contributed by atoms with Crippen LogP contribution in [0, 0.1) is 0 Å². The number of rotatable bonds is 2. The van der Waals surface area contributed by atoms with Crippen molar-refractivity contribution in [1.29, 1.82) is 0 Å². The van der Waals surface area contributed by atoms with E-state index in [9.17, 15) is 0 Å². The second-order valence-electron chi connectivity index (χ2n) is 7.13. The van der Waals surface area contributed by atoms with Crippen molar-refractivity contribution in [1.82, 2.24) is 5.32 Å². The average molecular weight is 259 g/mol. The Morgan fingerprint density at radius 2 is 1.84 bits per heavy atom. The normalized spacial score (nSPS) is 26.2. The van der Waals surface area contributed by atoms with Gasteiger partial charge in [-0.3, -0.25) is 0 Å². The van der Waals surface area contributed by atoms with Gasteiger partial charge in [0.05, 0.1) is 18.6 Å². The molecule has 2 aliphatic heterocycles. The quantitative estimate of drug-likeness (QED) is 0.881. The fraction of sp³-hybridized carbons (Fsp3) is 0.647. The van der Waals surface area contributed by atoms with E-state index in [1.54, 1.807) is 0 Å². The highest BCUT2D eigenvalue weighted by molar-refractivity contribution is 5.35. The van der Waals surface area contributed by atoms with E-state index in [-0.39, 0.29) is 10.8 Å². The van der Waals surface area contributed by atoms with Crippen LogP contribution in [-0.4, -0.2) is 25.8 Å². The van der Waals surface area contributed by atoms with Gasteiger partial charge >= 0.3 is 0 Å². The van der Waals surface area contributed by atoms with Crippen molar-refractivity contribution in [3.05, 3.63) is 35.4 Å². The number of benzene rings is 1. The van der Waals surface area contributed by atoms with E-state index in [2.05, 4.69) is 50.4 Å². The van der Waals surface area contributed by atoms with Crippen molar-refractivity contribution in [3.63, 3.8) is 0 Å². The Kier molecular flexibility index (Phi) is 3.18. The van der Waals surface area contributed by atoms with Crippen molar-refractivity contribution in [2.24, 2.45) is 0 Å². The van der Waals surface area contributed by atoms with E-state index in [0.29, 0.717) is 6.04 Å². The average Bonchev–Trinajstić information content (AvgIpc) is 2.81. The fourth-order valence-corrected chi connectivity index (χ4v) is 3.35. The topological polar surface area (TPSA) is 21.3 Å². The summed E-state index contributed by atoms with van der Waals surface area (Å²) in [4.78, 5) is 0. The smallest absolute Gasteiger partial charge is 0.0600 e. The summed E-state index contributed by atoms with van der Waals surface area (Å²) < 4.78 is 5.56. The first kappa shape index (κ1) is 13.1. The Morgan fingerprint density at radius 1 is 1.16 bits per heavy atom. The summed E-state index contributed by atoms with van der Waals surface area (Å²) in [7, 11) is 0. The van der Waals surface area contributed by atoms with Crippen LogP contribution in [0.2, 0.25) is 0 Å². The molecule has 2 heteroatoms. The van der Waals surface area contributed by atoms with Crippen molar-refractivity contribution < 1.29 is 4.74 Å². The molecule has 0 saturated carbocycles. The third kappa shape index (κ3) is 2.21. The first-order valence-corrected chi connectivity index (χ1v) is 7.44. The van der Waals surface area contributed by atoms with Gasteiger partial charge < -0.3 is 10.1 Å². The van der Waals surface area contributed by atoms with Crippen LogP contribution in [0.1, 0.15) is 44.7 Å². The van der Waals surface area contributed by atoms with Gasteiger partial charge in [-0.25, -0.2) is 0 Å². The Hall–Kier alpha value is -0.860. The molecule has 0 amide bonds. The summed E-state index contributed by atoms with van der Waals surface area (Å²) in [6, 6.07) is 9.84. The van der Waals surface area contributed by atoms with Crippen LogP contribution in [0.25, 0.3) is 0 Å². The summed E-state index contributed by atoms with van der Waals surface area (Å²) in [5.74, 6) is 0. The molecule has 2 nitrogen and oxygen atoms in total. The predicted octanol–water partition coefficient (Wildman–Crippen LogP) is 3.00. The molecule has 0 aromatic heterocycles. The largest absolute Gasteiger partial charge is 0.379 e. The maximum Gasteiger partial charge on any atom is 0.0600 e. The number of ether oxygens (including phenoxy) is 1. The molecule has 1 aromatic rings. The first-order chi connectivity index (χ1) is 9.02. The maximum absolute atomic E-state index is 5.56. The Labute approximate surface area is 116 Å². The summed E-state index contributed by atoms with van der Waals surface area (Å²) in [5.41, 5.74) is 3.32. The highest BCUT2D eigenvalue weighted by Gasteiger charge is 2.47. The fourth-order valence-electron chi connectivity index (χ4n) is 3.35. The molecule has 1 atom stereocenters. The zero-order valence-electron chi connectivity index (χ0n) is 12.3. The van der Waals surface area contributed by atoms with Crippen LogP contribution in [0.4, 0.5) is 0 Å². The van der Waals surface area contributed by atoms with E-state index in [1.807, 2.05) is 0 Å². The van der Waals surface area contributed by atoms with E-state index < -0.39 is 0 Å². The van der Waals surface area contributed by atoms with Gasteiger partial charge in [-0.15, -0.1) is 0 Å². The monoisotopic (exact) mass is 259 g/mol. The highest BCUT2D eigenvalue weighted by Crippen LogP contribution is 2.39. The zero-order valence-corrected chi connectivity index (χ0v) is 12.3. The Morgan fingerprint density at radius 3 is 2.26 bits per heavy atom. The molecule has 1 N–H and O–H groups in total. The van der Waals surface area contributed by atoms with Gasteiger partial charge in [0.2, 0.25) is 0 Å². The lowest BCUT2D eigenvalue weighted by Gasteiger charge is -2.46. The van der Waals surface area contributed by atoms with Crippen LogP contribution in [-0.2, 0) is 15.6 Å². The summed E-state index contributed by atoms with van der Waals surface area (Å²) in [5, 5.41) is 3.66. The molecule has 0 aliphatic carbocycles. The molecule has 0 radical (unpaired) electrons.